The van der Waals surface area contributed by atoms with Crippen LogP contribution in [-0.2, 0) is 19.1 Å². The highest BCUT2D eigenvalue weighted by molar-refractivity contribution is 5.87. The summed E-state index contributed by atoms with van der Waals surface area (Å²) in [6, 6.07) is 0. The molecule has 6 aliphatic rings. The van der Waals surface area contributed by atoms with Crippen LogP contribution in [0.15, 0.2) is 24.8 Å². The van der Waals surface area contributed by atoms with E-state index in [9.17, 15) is 9.59 Å². The number of fused-ring (bicyclic) bond motifs is 2. The van der Waals surface area contributed by atoms with Crippen LogP contribution < -0.4 is 0 Å². The van der Waals surface area contributed by atoms with Crippen LogP contribution in [0.25, 0.3) is 0 Å². The second kappa shape index (κ2) is 7.78. The number of hydrogen-bond donors (Lipinski definition) is 0. The fourth-order valence-electron chi connectivity index (χ4n) is 7.95. The highest BCUT2D eigenvalue weighted by Crippen LogP contribution is 2.66. The fourth-order valence-corrected chi connectivity index (χ4v) is 7.95. The van der Waals surface area contributed by atoms with E-state index in [0.717, 1.165) is 43.4 Å². The van der Waals surface area contributed by atoms with Gasteiger partial charge in [0.2, 0.25) is 0 Å². The Morgan fingerprint density at radius 3 is 1.90 bits per heavy atom. The number of carbonyl (C=O) groups excluding carboxylic acids is 2. The number of rotatable bonds is 4. The SMILES string of the molecule is C=C(C)C(=O)O[C@H]1C[C@@H]2CC[C@@]1(C)C2(C)C.C=CC(=O)OC12CC3CC(CC(C3)C1)C2. The van der Waals surface area contributed by atoms with Crippen LogP contribution in [0.2, 0.25) is 0 Å². The lowest BCUT2D eigenvalue weighted by Gasteiger charge is -2.55. The zero-order chi connectivity index (χ0) is 22.6. The first kappa shape index (κ1) is 22.6. The zero-order valence-electron chi connectivity index (χ0n) is 19.9. The van der Waals surface area contributed by atoms with Crippen LogP contribution in [0.5, 0.6) is 0 Å². The predicted molar refractivity (Wildman–Crippen MR) is 121 cm³/mol. The third-order valence-electron chi connectivity index (χ3n) is 9.78. The summed E-state index contributed by atoms with van der Waals surface area (Å²) in [5, 5.41) is 0. The summed E-state index contributed by atoms with van der Waals surface area (Å²) in [6.07, 6.45) is 12.4. The molecule has 0 aromatic carbocycles. The van der Waals surface area contributed by atoms with Gasteiger partial charge in [-0.15, -0.1) is 0 Å². The number of esters is 2. The fraction of sp³-hybridized carbons (Fsp3) is 0.778. The Labute approximate surface area is 187 Å². The van der Waals surface area contributed by atoms with E-state index in [4.69, 9.17) is 9.47 Å². The normalized spacial score (nSPS) is 43.0. The smallest absolute Gasteiger partial charge is 0.333 e. The number of ether oxygens (including phenoxy) is 2. The van der Waals surface area contributed by atoms with Crippen molar-refractivity contribution in [2.24, 2.45) is 34.5 Å². The van der Waals surface area contributed by atoms with E-state index in [1.807, 2.05) is 0 Å². The molecular weight excluding hydrogens is 388 g/mol. The van der Waals surface area contributed by atoms with Gasteiger partial charge in [0.15, 0.2) is 0 Å². The molecule has 0 unspecified atom stereocenters. The van der Waals surface area contributed by atoms with Crippen molar-refractivity contribution in [1.29, 1.82) is 0 Å². The van der Waals surface area contributed by atoms with Gasteiger partial charge in [-0.1, -0.05) is 33.9 Å². The predicted octanol–water partition coefficient (Wildman–Crippen LogP) is 6.00. The average molecular weight is 429 g/mol. The van der Waals surface area contributed by atoms with Crippen LogP contribution in [0.1, 0.15) is 85.5 Å². The molecule has 0 amide bonds. The van der Waals surface area contributed by atoms with E-state index >= 15 is 0 Å². The van der Waals surface area contributed by atoms with Crippen molar-refractivity contribution < 1.29 is 19.1 Å². The first-order valence-electron chi connectivity index (χ1n) is 12.2. The summed E-state index contributed by atoms with van der Waals surface area (Å²) in [5.41, 5.74) is 0.861. The van der Waals surface area contributed by atoms with Crippen LogP contribution in [0.3, 0.4) is 0 Å². The molecule has 3 atom stereocenters. The van der Waals surface area contributed by atoms with E-state index in [1.165, 1.54) is 38.2 Å². The van der Waals surface area contributed by atoms with Crippen molar-refractivity contribution in [3.05, 3.63) is 24.8 Å². The maximum absolute atomic E-state index is 11.6. The second-order valence-corrected chi connectivity index (χ2v) is 12.0. The van der Waals surface area contributed by atoms with Gasteiger partial charge in [0, 0.05) is 17.1 Å². The molecule has 6 fully saturated rings. The van der Waals surface area contributed by atoms with Crippen molar-refractivity contribution in [3.63, 3.8) is 0 Å². The van der Waals surface area contributed by atoms with Crippen LogP contribution >= 0.6 is 0 Å². The minimum Gasteiger partial charge on any atom is -0.458 e. The molecule has 6 saturated carbocycles. The molecule has 0 saturated heterocycles. The standard InChI is InChI=1S/C14H22O2.C13H18O2/c1-9(2)12(15)16-11-8-10-6-7-14(11,5)13(10,3)4;1-2-12(14)15-13-6-9-3-10(7-13)5-11(4-9)8-13/h10-11H,1,6-8H2,2-5H3;2,9-11H,1,3-8H2/t10-,11-,14+;/m0./s1. The third-order valence-corrected chi connectivity index (χ3v) is 9.78. The number of hydrogen-bond acceptors (Lipinski definition) is 4. The zero-order valence-corrected chi connectivity index (χ0v) is 19.9. The Kier molecular flexibility index (Phi) is 5.67. The first-order valence-corrected chi connectivity index (χ1v) is 12.2. The molecule has 0 aliphatic heterocycles. The molecule has 0 heterocycles. The Morgan fingerprint density at radius 2 is 1.52 bits per heavy atom. The van der Waals surface area contributed by atoms with Gasteiger partial charge in [0.1, 0.15) is 11.7 Å². The van der Waals surface area contributed by atoms with E-state index in [2.05, 4.69) is 33.9 Å². The Hall–Kier alpha value is -1.58. The van der Waals surface area contributed by atoms with Crippen LogP contribution in [0.4, 0.5) is 0 Å². The summed E-state index contributed by atoms with van der Waals surface area (Å²) in [6.45, 7) is 15.8. The molecule has 0 radical (unpaired) electrons. The summed E-state index contributed by atoms with van der Waals surface area (Å²) >= 11 is 0. The topological polar surface area (TPSA) is 52.6 Å². The molecule has 0 aromatic heterocycles. The van der Waals surface area contributed by atoms with E-state index in [-0.39, 0.29) is 29.1 Å². The van der Waals surface area contributed by atoms with Crippen molar-refractivity contribution in [2.45, 2.75) is 97.2 Å². The van der Waals surface area contributed by atoms with Gasteiger partial charge < -0.3 is 9.47 Å². The molecule has 6 rings (SSSR count). The highest BCUT2D eigenvalue weighted by atomic mass is 16.6. The molecule has 31 heavy (non-hydrogen) atoms. The molecular formula is C27H40O4. The second-order valence-electron chi connectivity index (χ2n) is 12.0. The van der Waals surface area contributed by atoms with Crippen LogP contribution in [0, 0.1) is 34.5 Å². The van der Waals surface area contributed by atoms with Crippen molar-refractivity contribution in [3.8, 4) is 0 Å². The lowest BCUT2D eigenvalue weighted by atomic mass is 9.54. The lowest BCUT2D eigenvalue weighted by molar-refractivity contribution is -0.181. The van der Waals surface area contributed by atoms with Gasteiger partial charge >= 0.3 is 11.9 Å². The third kappa shape index (κ3) is 3.89. The highest BCUT2D eigenvalue weighted by Gasteiger charge is 2.62. The maximum atomic E-state index is 11.6. The van der Waals surface area contributed by atoms with Gasteiger partial charge in [0.05, 0.1) is 0 Å². The first-order chi connectivity index (χ1) is 14.5. The summed E-state index contributed by atoms with van der Waals surface area (Å²) < 4.78 is 11.2. The van der Waals surface area contributed by atoms with Crippen molar-refractivity contribution in [1.82, 2.24) is 0 Å². The van der Waals surface area contributed by atoms with E-state index in [1.54, 1.807) is 6.92 Å². The van der Waals surface area contributed by atoms with Crippen molar-refractivity contribution in [2.75, 3.05) is 0 Å². The molecule has 0 N–H and O–H groups in total. The van der Waals surface area contributed by atoms with Crippen molar-refractivity contribution >= 4 is 11.9 Å². The summed E-state index contributed by atoms with van der Waals surface area (Å²) in [4.78, 5) is 23.0. The van der Waals surface area contributed by atoms with Gasteiger partial charge in [0.25, 0.3) is 0 Å². The van der Waals surface area contributed by atoms with Gasteiger partial charge in [-0.3, -0.25) is 0 Å². The maximum Gasteiger partial charge on any atom is 0.333 e. The number of carbonyl (C=O) groups is 2. The Bertz CT molecular complexity index is 743. The summed E-state index contributed by atoms with van der Waals surface area (Å²) in [7, 11) is 0. The quantitative estimate of drug-likeness (QED) is 0.407. The molecule has 0 spiro atoms. The van der Waals surface area contributed by atoms with Crippen LogP contribution in [-0.4, -0.2) is 23.6 Å². The minimum absolute atomic E-state index is 0.0884. The van der Waals surface area contributed by atoms with Gasteiger partial charge in [-0.25, -0.2) is 9.59 Å². The van der Waals surface area contributed by atoms with E-state index < -0.39 is 0 Å². The molecule has 172 valence electrons. The van der Waals surface area contributed by atoms with E-state index in [0.29, 0.717) is 16.9 Å². The minimum atomic E-state index is -0.227. The molecule has 4 heteroatoms. The van der Waals surface area contributed by atoms with Gasteiger partial charge in [-0.2, -0.15) is 0 Å². The molecule has 4 nitrogen and oxygen atoms in total. The molecule has 6 bridgehead atoms. The largest absolute Gasteiger partial charge is 0.458 e. The lowest BCUT2D eigenvalue weighted by Crippen LogP contribution is -2.52. The monoisotopic (exact) mass is 428 g/mol. The molecule has 0 aromatic rings. The van der Waals surface area contributed by atoms with Gasteiger partial charge in [-0.05, 0) is 93.8 Å². The Morgan fingerprint density at radius 1 is 0.968 bits per heavy atom. The Balaban J connectivity index is 0.000000149. The molecule has 6 aliphatic carbocycles. The average Bonchev–Trinajstić information content (AvgIpc) is 3.00. The summed E-state index contributed by atoms with van der Waals surface area (Å²) in [5.74, 6) is 2.74.